The van der Waals surface area contributed by atoms with E-state index in [4.69, 9.17) is 9.73 Å². The van der Waals surface area contributed by atoms with Crippen molar-refractivity contribution in [3.63, 3.8) is 0 Å². The van der Waals surface area contributed by atoms with E-state index >= 15 is 0 Å². The van der Waals surface area contributed by atoms with Crippen molar-refractivity contribution < 1.29 is 4.74 Å². The van der Waals surface area contributed by atoms with E-state index in [-0.39, 0.29) is 36.1 Å². The number of fused-ring (bicyclic) bond motifs is 1. The smallest absolute Gasteiger partial charge is 0.192 e. The Hall–Kier alpha value is -2.39. The zero-order valence-corrected chi connectivity index (χ0v) is 22.0. The molecule has 6 nitrogen and oxygen atoms in total. The summed E-state index contributed by atoms with van der Waals surface area (Å²) in [5.41, 5.74) is 2.41. The molecule has 4 rings (SSSR count). The Balaban J connectivity index is 0.00000306. The Bertz CT molecular complexity index is 1070. The molecular formula is C26H34IN5O. The number of pyridine rings is 1. The van der Waals surface area contributed by atoms with E-state index in [1.165, 1.54) is 16.3 Å². The standard InChI is InChI=1S/C26H33N5O.HI/c1-4-27-26(30-20(3)23-11-7-9-22-8-5-6-10-24(22)23)29-17-21-12-13-28-25(16-21)31-14-15-32-19(2)18-31;/h5-13,16,19-20H,4,14-15,17-18H2,1-3H3,(H2,27,29,30);1H. The molecule has 0 aliphatic carbocycles. The van der Waals surface area contributed by atoms with Gasteiger partial charge in [-0.05, 0) is 54.8 Å². The van der Waals surface area contributed by atoms with Crippen LogP contribution < -0.4 is 15.5 Å². The average molecular weight is 559 g/mol. The second kappa shape index (κ2) is 12.2. The zero-order valence-electron chi connectivity index (χ0n) is 19.6. The maximum absolute atomic E-state index is 5.66. The predicted molar refractivity (Wildman–Crippen MR) is 148 cm³/mol. The van der Waals surface area contributed by atoms with Gasteiger partial charge in [-0.1, -0.05) is 42.5 Å². The average Bonchev–Trinajstić information content (AvgIpc) is 2.82. The summed E-state index contributed by atoms with van der Waals surface area (Å²) in [5.74, 6) is 1.81. The van der Waals surface area contributed by atoms with Crippen LogP contribution in [0.1, 0.15) is 37.9 Å². The first-order chi connectivity index (χ1) is 15.6. The Morgan fingerprint density at radius 1 is 1.21 bits per heavy atom. The molecule has 176 valence electrons. The number of aliphatic imine (C=N–C) groups is 1. The molecule has 1 aromatic heterocycles. The van der Waals surface area contributed by atoms with Crippen molar-refractivity contribution in [1.29, 1.82) is 0 Å². The Morgan fingerprint density at radius 2 is 2.03 bits per heavy atom. The number of ether oxygens (including phenoxy) is 1. The molecule has 2 aromatic carbocycles. The fourth-order valence-corrected chi connectivity index (χ4v) is 4.16. The number of aromatic nitrogens is 1. The highest BCUT2D eigenvalue weighted by Crippen LogP contribution is 2.24. The summed E-state index contributed by atoms with van der Waals surface area (Å²) in [6.45, 7) is 10.2. The summed E-state index contributed by atoms with van der Waals surface area (Å²) in [6, 6.07) is 19.3. The molecule has 1 aliphatic heterocycles. The van der Waals surface area contributed by atoms with Crippen molar-refractivity contribution in [3.05, 3.63) is 71.9 Å². The van der Waals surface area contributed by atoms with Gasteiger partial charge in [-0.2, -0.15) is 0 Å². The van der Waals surface area contributed by atoms with Gasteiger partial charge in [-0.15, -0.1) is 24.0 Å². The summed E-state index contributed by atoms with van der Waals surface area (Å²) in [5, 5.41) is 9.48. The highest BCUT2D eigenvalue weighted by molar-refractivity contribution is 14.0. The lowest BCUT2D eigenvalue weighted by atomic mass is 10.00. The van der Waals surface area contributed by atoms with Crippen molar-refractivity contribution in [1.82, 2.24) is 15.6 Å². The van der Waals surface area contributed by atoms with Gasteiger partial charge >= 0.3 is 0 Å². The summed E-state index contributed by atoms with van der Waals surface area (Å²) in [6.07, 6.45) is 2.10. The molecule has 33 heavy (non-hydrogen) atoms. The van der Waals surface area contributed by atoms with Crippen LogP contribution in [0, 0.1) is 0 Å². The second-order valence-electron chi connectivity index (χ2n) is 8.28. The van der Waals surface area contributed by atoms with Crippen molar-refractivity contribution in [2.75, 3.05) is 31.1 Å². The molecule has 7 heteroatoms. The summed E-state index contributed by atoms with van der Waals surface area (Å²) < 4.78 is 5.66. The van der Waals surface area contributed by atoms with Crippen LogP contribution in [0.15, 0.2) is 65.8 Å². The van der Waals surface area contributed by atoms with Crippen LogP contribution in [-0.4, -0.2) is 43.3 Å². The first-order valence-corrected chi connectivity index (χ1v) is 11.5. The van der Waals surface area contributed by atoms with Crippen molar-refractivity contribution in [3.8, 4) is 0 Å². The molecule has 0 saturated carbocycles. The topological polar surface area (TPSA) is 61.8 Å². The van der Waals surface area contributed by atoms with Gasteiger partial charge in [-0.3, -0.25) is 0 Å². The molecule has 2 unspecified atom stereocenters. The van der Waals surface area contributed by atoms with E-state index in [1.807, 2.05) is 12.3 Å². The van der Waals surface area contributed by atoms with E-state index in [0.29, 0.717) is 6.54 Å². The third-order valence-electron chi connectivity index (χ3n) is 5.78. The number of morpholine rings is 1. The van der Waals surface area contributed by atoms with Gasteiger partial charge in [0.05, 0.1) is 25.3 Å². The summed E-state index contributed by atoms with van der Waals surface area (Å²) >= 11 is 0. The molecule has 2 heterocycles. The van der Waals surface area contributed by atoms with Crippen LogP contribution in [0.25, 0.3) is 10.8 Å². The number of hydrogen-bond donors (Lipinski definition) is 2. The lowest BCUT2D eigenvalue weighted by molar-refractivity contribution is 0.0529. The summed E-state index contributed by atoms with van der Waals surface area (Å²) in [7, 11) is 0. The fraction of sp³-hybridized carbons (Fsp3) is 0.385. The molecule has 0 amide bonds. The number of guanidine groups is 1. The molecule has 1 aliphatic rings. The lowest BCUT2D eigenvalue weighted by Crippen LogP contribution is -2.41. The largest absolute Gasteiger partial charge is 0.375 e. The first-order valence-electron chi connectivity index (χ1n) is 11.5. The van der Waals surface area contributed by atoms with Gasteiger partial charge in [0.25, 0.3) is 0 Å². The van der Waals surface area contributed by atoms with E-state index < -0.39 is 0 Å². The van der Waals surface area contributed by atoms with Gasteiger partial charge in [0.1, 0.15) is 5.82 Å². The van der Waals surface area contributed by atoms with Crippen LogP contribution >= 0.6 is 24.0 Å². The number of nitrogens with one attached hydrogen (secondary N) is 2. The van der Waals surface area contributed by atoms with Gasteiger partial charge in [-0.25, -0.2) is 9.98 Å². The molecular weight excluding hydrogens is 525 g/mol. The molecule has 2 N–H and O–H groups in total. The van der Waals surface area contributed by atoms with E-state index in [0.717, 1.165) is 43.6 Å². The molecule has 0 bridgehead atoms. The maximum Gasteiger partial charge on any atom is 0.192 e. The number of benzene rings is 2. The third kappa shape index (κ3) is 6.57. The van der Waals surface area contributed by atoms with Crippen molar-refractivity contribution >= 4 is 46.5 Å². The zero-order chi connectivity index (χ0) is 22.3. The molecule has 2 atom stereocenters. The number of nitrogens with zero attached hydrogens (tertiary/aromatic N) is 3. The quantitative estimate of drug-likeness (QED) is 0.256. The Labute approximate surface area is 213 Å². The molecule has 1 saturated heterocycles. The molecule has 0 radical (unpaired) electrons. The van der Waals surface area contributed by atoms with Crippen molar-refractivity contribution in [2.45, 2.75) is 39.5 Å². The van der Waals surface area contributed by atoms with Crippen molar-refractivity contribution in [2.24, 2.45) is 4.99 Å². The number of anilines is 1. The van der Waals surface area contributed by atoms with E-state index in [9.17, 15) is 0 Å². The Morgan fingerprint density at radius 3 is 2.85 bits per heavy atom. The minimum absolute atomic E-state index is 0. The Kier molecular flexibility index (Phi) is 9.31. The minimum atomic E-state index is 0. The molecule has 3 aromatic rings. The van der Waals surface area contributed by atoms with Crippen LogP contribution in [0.4, 0.5) is 5.82 Å². The van der Waals surface area contributed by atoms with Gasteiger partial charge in [0.2, 0.25) is 0 Å². The van der Waals surface area contributed by atoms with E-state index in [2.05, 4.69) is 89.8 Å². The van der Waals surface area contributed by atoms with Crippen LogP contribution in [0.2, 0.25) is 0 Å². The first kappa shape index (κ1) is 25.2. The predicted octanol–water partition coefficient (Wildman–Crippen LogP) is 4.89. The van der Waals surface area contributed by atoms with Gasteiger partial charge in [0.15, 0.2) is 5.96 Å². The normalized spacial score (nSPS) is 17.4. The fourth-order valence-electron chi connectivity index (χ4n) is 4.16. The molecule has 0 spiro atoms. The minimum Gasteiger partial charge on any atom is -0.375 e. The highest BCUT2D eigenvalue weighted by atomic mass is 127. The van der Waals surface area contributed by atoms with E-state index in [1.54, 1.807) is 0 Å². The lowest BCUT2D eigenvalue weighted by Gasteiger charge is -2.32. The summed E-state index contributed by atoms with van der Waals surface area (Å²) in [4.78, 5) is 11.7. The highest BCUT2D eigenvalue weighted by Gasteiger charge is 2.18. The third-order valence-corrected chi connectivity index (χ3v) is 5.78. The van der Waals surface area contributed by atoms with Gasteiger partial charge in [0, 0.05) is 25.8 Å². The van der Waals surface area contributed by atoms with Crippen LogP contribution in [0.3, 0.4) is 0 Å². The number of halogens is 1. The number of hydrogen-bond acceptors (Lipinski definition) is 4. The second-order valence-corrected chi connectivity index (χ2v) is 8.28. The number of rotatable bonds is 6. The SMILES string of the molecule is CCNC(=NCc1ccnc(N2CCOC(C)C2)c1)NC(C)c1cccc2ccccc12.I. The monoisotopic (exact) mass is 559 g/mol. The van der Waals surface area contributed by atoms with Gasteiger partial charge < -0.3 is 20.3 Å². The van der Waals surface area contributed by atoms with Crippen LogP contribution in [0.5, 0.6) is 0 Å². The molecule has 1 fully saturated rings. The van der Waals surface area contributed by atoms with Crippen LogP contribution in [-0.2, 0) is 11.3 Å². The maximum atomic E-state index is 5.66.